The number of ketones is 2. The average Bonchev–Trinajstić information content (AvgIpc) is 2.72. The number of carbonyl (C=O) groups is 2. The van der Waals surface area contributed by atoms with Crippen LogP contribution in [0.1, 0.15) is 102 Å². The molecule has 3 aliphatic rings. The number of aliphatic hydroxyl groups excluding tert-OH is 1. The van der Waals surface area contributed by atoms with Crippen molar-refractivity contribution < 1.29 is 25.5 Å². The number of aliphatic hydroxyl groups is 1. The van der Waals surface area contributed by atoms with Gasteiger partial charge in [-0.15, -0.1) is 0 Å². The van der Waals surface area contributed by atoms with Gasteiger partial charge in [0.15, 0.2) is 0 Å². The Kier molecular flexibility index (Phi) is 14.2. The number of benzene rings is 1. The van der Waals surface area contributed by atoms with Crippen LogP contribution in [-0.4, -0.2) is 27.9 Å². The van der Waals surface area contributed by atoms with Gasteiger partial charge in [0.25, 0.3) is 0 Å². The molecule has 2 N–H and O–H groups in total. The summed E-state index contributed by atoms with van der Waals surface area (Å²) in [5.74, 6) is 1.25. The number of phenols is 1. The van der Waals surface area contributed by atoms with Gasteiger partial charge in [-0.2, -0.15) is 0 Å². The monoisotopic (exact) mass is 398 g/mol. The molecule has 0 aromatic heterocycles. The van der Waals surface area contributed by atoms with Gasteiger partial charge >= 0.3 is 0 Å². The zero-order valence-electron chi connectivity index (χ0n) is 17.3. The summed E-state index contributed by atoms with van der Waals surface area (Å²) in [6, 6.07) is 8.71. The van der Waals surface area contributed by atoms with Crippen LogP contribution in [0.2, 0.25) is 0 Å². The van der Waals surface area contributed by atoms with Crippen LogP contribution in [0.3, 0.4) is 0 Å². The number of para-hydroxylation sites is 1. The third kappa shape index (κ3) is 14.4. The maximum absolute atomic E-state index is 10.5. The highest BCUT2D eigenvalue weighted by molar-refractivity contribution is 5.79. The highest BCUT2D eigenvalue weighted by Crippen LogP contribution is 2.16. The molecule has 0 heterocycles. The van der Waals surface area contributed by atoms with Crippen molar-refractivity contribution in [3.8, 4) is 5.75 Å². The smallest absolute Gasteiger partial charge is 0.132 e. The molecular formula is C24H46O4. The third-order valence-electron chi connectivity index (χ3n) is 5.15. The van der Waals surface area contributed by atoms with Crippen LogP contribution in [0.25, 0.3) is 0 Å². The van der Waals surface area contributed by atoms with E-state index in [4.69, 9.17) is 10.2 Å². The van der Waals surface area contributed by atoms with Gasteiger partial charge in [-0.05, 0) is 50.7 Å². The summed E-state index contributed by atoms with van der Waals surface area (Å²) in [5.41, 5.74) is 0. The lowest BCUT2D eigenvalue weighted by Gasteiger charge is -2.14. The first-order valence-corrected chi connectivity index (χ1v) is 11.0. The Morgan fingerprint density at radius 1 is 0.643 bits per heavy atom. The van der Waals surface area contributed by atoms with Crippen molar-refractivity contribution in [2.24, 2.45) is 0 Å². The normalized spacial score (nSPS) is 19.8. The summed E-state index contributed by atoms with van der Waals surface area (Å²) in [4.78, 5) is 20.9. The fourth-order valence-corrected chi connectivity index (χ4v) is 3.40. The lowest BCUT2D eigenvalue weighted by atomic mass is 9.98. The minimum absolute atomic E-state index is 0. The van der Waals surface area contributed by atoms with Crippen molar-refractivity contribution >= 4 is 11.6 Å². The lowest BCUT2D eigenvalue weighted by molar-refractivity contribution is -0.121. The molecular weight excluding hydrogens is 352 g/mol. The minimum atomic E-state index is 0. The molecule has 3 saturated carbocycles. The fraction of sp³-hybridized carbons (Fsp3) is 0.667. The summed E-state index contributed by atoms with van der Waals surface area (Å²) >= 11 is 0. The fourth-order valence-electron chi connectivity index (χ4n) is 3.40. The average molecular weight is 399 g/mol. The van der Waals surface area contributed by atoms with Gasteiger partial charge in [0.2, 0.25) is 0 Å². The van der Waals surface area contributed by atoms with E-state index < -0.39 is 0 Å². The van der Waals surface area contributed by atoms with Gasteiger partial charge < -0.3 is 10.2 Å². The van der Waals surface area contributed by atoms with Crippen molar-refractivity contribution in [1.29, 1.82) is 0 Å². The molecule has 0 saturated heterocycles. The van der Waals surface area contributed by atoms with E-state index in [1.54, 1.807) is 24.3 Å². The first kappa shape index (κ1) is 24.4. The van der Waals surface area contributed by atoms with Crippen molar-refractivity contribution in [2.75, 3.05) is 0 Å². The highest BCUT2D eigenvalue weighted by Gasteiger charge is 2.08. The van der Waals surface area contributed by atoms with Crippen molar-refractivity contribution in [3.05, 3.63) is 30.3 Å². The lowest BCUT2D eigenvalue weighted by Crippen LogP contribution is -2.09. The maximum atomic E-state index is 10.5. The van der Waals surface area contributed by atoms with E-state index in [1.807, 2.05) is 6.07 Å². The summed E-state index contributed by atoms with van der Waals surface area (Å²) in [6.45, 7) is 0. The molecule has 4 rings (SSSR count). The van der Waals surface area contributed by atoms with E-state index in [0.717, 1.165) is 64.2 Å². The highest BCUT2D eigenvalue weighted by atomic mass is 16.3. The second-order valence-corrected chi connectivity index (χ2v) is 7.83. The molecule has 3 aliphatic carbocycles. The van der Waals surface area contributed by atoms with Crippen molar-refractivity contribution in [3.63, 3.8) is 0 Å². The molecule has 3 fully saturated rings. The number of aromatic hydroxyl groups is 1. The molecule has 1 aromatic rings. The first-order chi connectivity index (χ1) is 13.6. The second kappa shape index (κ2) is 16.3. The Labute approximate surface area is 176 Å². The van der Waals surface area contributed by atoms with Crippen LogP contribution < -0.4 is 0 Å². The Morgan fingerprint density at radius 2 is 1.04 bits per heavy atom. The molecule has 0 aliphatic heterocycles. The van der Waals surface area contributed by atoms with E-state index in [-0.39, 0.29) is 11.8 Å². The zero-order valence-corrected chi connectivity index (χ0v) is 17.3. The number of rotatable bonds is 0. The number of hydrogen-bond donors (Lipinski definition) is 2. The molecule has 4 heteroatoms. The second-order valence-electron chi connectivity index (χ2n) is 7.83. The topological polar surface area (TPSA) is 74.6 Å². The third-order valence-corrected chi connectivity index (χ3v) is 5.15. The number of hydrogen-bond acceptors (Lipinski definition) is 4. The molecule has 0 unspecified atom stereocenters. The predicted octanol–water partition coefficient (Wildman–Crippen LogP) is 6.73. The van der Waals surface area contributed by atoms with Gasteiger partial charge in [0, 0.05) is 31.4 Å². The van der Waals surface area contributed by atoms with E-state index in [1.165, 1.54) is 32.1 Å². The Hall–Kier alpha value is -1.68. The van der Waals surface area contributed by atoms with Crippen LogP contribution in [0.5, 0.6) is 5.75 Å². The van der Waals surface area contributed by atoms with Gasteiger partial charge in [0.1, 0.15) is 17.3 Å². The molecule has 4 nitrogen and oxygen atoms in total. The summed E-state index contributed by atoms with van der Waals surface area (Å²) in [5, 5.41) is 17.5. The Balaban J connectivity index is -0.000000157. The standard InChI is InChI=1S/C6H12O.2C6H10O.C6H6O.4H2/c4*7-6-4-2-1-3-5-6;;;;/h6-7H,1-5H2;2*1-5H2;1-5,7H;4*1H. The largest absolute Gasteiger partial charge is 0.508 e. The Morgan fingerprint density at radius 3 is 1.25 bits per heavy atom. The maximum Gasteiger partial charge on any atom is 0.132 e. The first-order valence-electron chi connectivity index (χ1n) is 11.0. The predicted molar refractivity (Wildman–Crippen MR) is 122 cm³/mol. The molecule has 0 atom stereocenters. The van der Waals surface area contributed by atoms with Gasteiger partial charge in [-0.3, -0.25) is 9.59 Å². The number of Topliss-reactive ketones (excluding diaryl/α,β-unsaturated/α-hetero) is 2. The van der Waals surface area contributed by atoms with Crippen molar-refractivity contribution in [2.45, 2.75) is 102 Å². The van der Waals surface area contributed by atoms with Crippen LogP contribution in [0.4, 0.5) is 0 Å². The SMILES string of the molecule is O=C1CCCCC1.O=C1CCCCC1.OC1CCCCC1.Oc1ccccc1.[HH].[HH].[HH].[HH]. The van der Waals surface area contributed by atoms with Crippen LogP contribution in [-0.2, 0) is 9.59 Å². The quantitative estimate of drug-likeness (QED) is 0.508. The van der Waals surface area contributed by atoms with Crippen molar-refractivity contribution in [1.82, 2.24) is 0 Å². The van der Waals surface area contributed by atoms with Gasteiger partial charge in [-0.25, -0.2) is 0 Å². The van der Waals surface area contributed by atoms with Crippen LogP contribution in [0, 0.1) is 0 Å². The van der Waals surface area contributed by atoms with E-state index >= 15 is 0 Å². The number of carbonyl (C=O) groups excluding carboxylic acids is 2. The number of phenolic OH excluding ortho intramolecular Hbond substituents is 1. The molecule has 0 spiro atoms. The van der Waals surface area contributed by atoms with Crippen LogP contribution >= 0.6 is 0 Å². The molecule has 1 aromatic carbocycles. The molecule has 0 amide bonds. The molecule has 166 valence electrons. The van der Waals surface area contributed by atoms with E-state index in [0.29, 0.717) is 17.3 Å². The molecule has 28 heavy (non-hydrogen) atoms. The van der Waals surface area contributed by atoms with Gasteiger partial charge in [-0.1, -0.05) is 50.3 Å². The molecule has 0 radical (unpaired) electrons. The Bertz CT molecular complexity index is 500. The van der Waals surface area contributed by atoms with E-state index in [9.17, 15) is 9.59 Å². The summed E-state index contributed by atoms with van der Waals surface area (Å²) in [6.07, 6.45) is 16.4. The van der Waals surface area contributed by atoms with Crippen LogP contribution in [0.15, 0.2) is 30.3 Å². The van der Waals surface area contributed by atoms with Gasteiger partial charge in [0.05, 0.1) is 6.10 Å². The summed E-state index contributed by atoms with van der Waals surface area (Å²) in [7, 11) is 0. The van der Waals surface area contributed by atoms with E-state index in [2.05, 4.69) is 0 Å². The molecule has 0 bridgehead atoms. The minimum Gasteiger partial charge on any atom is -0.508 e. The summed E-state index contributed by atoms with van der Waals surface area (Å²) < 4.78 is 0. The zero-order chi connectivity index (χ0) is 20.5.